The third kappa shape index (κ3) is 1.65. The molecule has 0 aliphatic heterocycles. The van der Waals surface area contributed by atoms with Crippen LogP contribution in [0.1, 0.15) is 11.3 Å². The van der Waals surface area contributed by atoms with Gasteiger partial charge in [0, 0.05) is 0 Å². The monoisotopic (exact) mass is 189 g/mol. The molecular formula is C10H11N3O. The number of aliphatic hydroxyl groups is 1. The second-order valence-electron chi connectivity index (χ2n) is 3.10. The minimum absolute atomic E-state index is 0.0614. The fourth-order valence-corrected chi connectivity index (χ4v) is 1.20. The van der Waals surface area contributed by atoms with E-state index in [0.29, 0.717) is 0 Å². The lowest BCUT2D eigenvalue weighted by Gasteiger charge is -2.00. The highest BCUT2D eigenvalue weighted by atomic mass is 16.3. The first-order valence-corrected chi connectivity index (χ1v) is 4.39. The number of aromatic nitrogens is 3. The van der Waals surface area contributed by atoms with Gasteiger partial charge in [0.05, 0.1) is 24.2 Å². The largest absolute Gasteiger partial charge is 0.392 e. The normalized spacial score (nSPS) is 10.4. The second kappa shape index (κ2) is 3.59. The van der Waals surface area contributed by atoms with Crippen molar-refractivity contribution in [2.75, 3.05) is 0 Å². The van der Waals surface area contributed by atoms with Crippen LogP contribution in [0.2, 0.25) is 0 Å². The standard InChI is InChI=1S/C10H11N3O/c1-8-6-11-13(12-8)10-4-2-9(7-14)3-5-10/h2-6,14H,7H2,1H3. The van der Waals surface area contributed by atoms with Gasteiger partial charge in [-0.25, -0.2) is 0 Å². The van der Waals surface area contributed by atoms with Crippen molar-refractivity contribution in [2.24, 2.45) is 0 Å². The second-order valence-corrected chi connectivity index (χ2v) is 3.10. The molecular weight excluding hydrogens is 178 g/mol. The lowest BCUT2D eigenvalue weighted by atomic mass is 10.2. The van der Waals surface area contributed by atoms with E-state index in [4.69, 9.17) is 5.11 Å². The summed E-state index contributed by atoms with van der Waals surface area (Å²) in [6.07, 6.45) is 1.71. The van der Waals surface area contributed by atoms with Crippen LogP contribution >= 0.6 is 0 Å². The summed E-state index contributed by atoms with van der Waals surface area (Å²) >= 11 is 0. The van der Waals surface area contributed by atoms with Gasteiger partial charge in [0.25, 0.3) is 0 Å². The summed E-state index contributed by atoms with van der Waals surface area (Å²) in [7, 11) is 0. The highest BCUT2D eigenvalue weighted by Crippen LogP contribution is 2.07. The molecule has 0 saturated carbocycles. The number of nitrogens with zero attached hydrogens (tertiary/aromatic N) is 3. The Morgan fingerprint density at radius 2 is 2.00 bits per heavy atom. The molecule has 1 aromatic carbocycles. The van der Waals surface area contributed by atoms with E-state index in [0.717, 1.165) is 16.9 Å². The summed E-state index contributed by atoms with van der Waals surface area (Å²) in [5.74, 6) is 0. The smallest absolute Gasteiger partial charge is 0.0856 e. The van der Waals surface area contributed by atoms with Crippen molar-refractivity contribution < 1.29 is 5.11 Å². The predicted octanol–water partition coefficient (Wildman–Crippen LogP) is 1.07. The SMILES string of the molecule is Cc1cnn(-c2ccc(CO)cc2)n1. The van der Waals surface area contributed by atoms with Gasteiger partial charge >= 0.3 is 0 Å². The maximum absolute atomic E-state index is 8.87. The predicted molar refractivity (Wildman–Crippen MR) is 52.0 cm³/mol. The zero-order valence-corrected chi connectivity index (χ0v) is 7.88. The first kappa shape index (κ1) is 8.90. The third-order valence-corrected chi connectivity index (χ3v) is 1.96. The Hall–Kier alpha value is -1.68. The van der Waals surface area contributed by atoms with Crippen LogP contribution in [0.15, 0.2) is 30.5 Å². The molecule has 0 fully saturated rings. The Labute approximate surface area is 81.8 Å². The number of aliphatic hydroxyl groups excluding tert-OH is 1. The van der Waals surface area contributed by atoms with Gasteiger partial charge in [-0.1, -0.05) is 12.1 Å². The average Bonchev–Trinajstić information content (AvgIpc) is 2.65. The summed E-state index contributed by atoms with van der Waals surface area (Å²) in [5, 5.41) is 17.1. The van der Waals surface area contributed by atoms with E-state index in [1.807, 2.05) is 31.2 Å². The van der Waals surface area contributed by atoms with Crippen LogP contribution in [0.5, 0.6) is 0 Å². The quantitative estimate of drug-likeness (QED) is 0.768. The molecule has 14 heavy (non-hydrogen) atoms. The lowest BCUT2D eigenvalue weighted by Crippen LogP contribution is -1.98. The molecule has 0 aliphatic carbocycles. The van der Waals surface area contributed by atoms with E-state index in [2.05, 4.69) is 10.2 Å². The van der Waals surface area contributed by atoms with Crippen molar-refractivity contribution in [3.63, 3.8) is 0 Å². The van der Waals surface area contributed by atoms with Gasteiger partial charge in [0.15, 0.2) is 0 Å². The number of aryl methyl sites for hydroxylation is 1. The fraction of sp³-hybridized carbons (Fsp3) is 0.200. The Morgan fingerprint density at radius 1 is 1.29 bits per heavy atom. The maximum Gasteiger partial charge on any atom is 0.0856 e. The summed E-state index contributed by atoms with van der Waals surface area (Å²) in [6.45, 7) is 1.96. The minimum Gasteiger partial charge on any atom is -0.392 e. The zero-order valence-electron chi connectivity index (χ0n) is 7.88. The van der Waals surface area contributed by atoms with Crippen LogP contribution in [-0.4, -0.2) is 20.1 Å². The molecule has 0 bridgehead atoms. The van der Waals surface area contributed by atoms with E-state index in [1.165, 1.54) is 0 Å². The molecule has 0 spiro atoms. The van der Waals surface area contributed by atoms with E-state index in [9.17, 15) is 0 Å². The van der Waals surface area contributed by atoms with Crippen molar-refractivity contribution >= 4 is 0 Å². The van der Waals surface area contributed by atoms with E-state index in [-0.39, 0.29) is 6.61 Å². The number of rotatable bonds is 2. The van der Waals surface area contributed by atoms with Crippen molar-refractivity contribution in [3.05, 3.63) is 41.7 Å². The molecule has 0 atom stereocenters. The van der Waals surface area contributed by atoms with Gasteiger partial charge in [-0.3, -0.25) is 0 Å². The molecule has 0 unspecified atom stereocenters. The van der Waals surface area contributed by atoms with Crippen LogP contribution < -0.4 is 0 Å². The Morgan fingerprint density at radius 3 is 2.50 bits per heavy atom. The van der Waals surface area contributed by atoms with Gasteiger partial charge in [0.1, 0.15) is 0 Å². The molecule has 2 aromatic rings. The summed E-state index contributed by atoms with van der Waals surface area (Å²) in [6, 6.07) is 7.47. The van der Waals surface area contributed by atoms with Gasteiger partial charge in [-0.15, -0.1) is 0 Å². The van der Waals surface area contributed by atoms with Gasteiger partial charge in [0.2, 0.25) is 0 Å². The van der Waals surface area contributed by atoms with E-state index in [1.54, 1.807) is 11.0 Å². The topological polar surface area (TPSA) is 50.9 Å². The van der Waals surface area contributed by atoms with Crippen LogP contribution in [0.25, 0.3) is 5.69 Å². The minimum atomic E-state index is 0.0614. The molecule has 0 amide bonds. The molecule has 2 rings (SSSR count). The zero-order chi connectivity index (χ0) is 9.97. The lowest BCUT2D eigenvalue weighted by molar-refractivity contribution is 0.282. The van der Waals surface area contributed by atoms with E-state index >= 15 is 0 Å². The van der Waals surface area contributed by atoms with Crippen molar-refractivity contribution in [3.8, 4) is 5.69 Å². The Kier molecular flexibility index (Phi) is 2.28. The molecule has 1 aromatic heterocycles. The molecule has 1 N–H and O–H groups in total. The number of hydrogen-bond donors (Lipinski definition) is 1. The highest BCUT2D eigenvalue weighted by molar-refractivity contribution is 5.32. The summed E-state index contributed by atoms with van der Waals surface area (Å²) in [4.78, 5) is 1.57. The van der Waals surface area contributed by atoms with Gasteiger partial charge in [-0.05, 0) is 24.6 Å². The van der Waals surface area contributed by atoms with Crippen LogP contribution in [0, 0.1) is 6.92 Å². The van der Waals surface area contributed by atoms with Gasteiger partial charge in [-0.2, -0.15) is 15.0 Å². The fourth-order valence-electron chi connectivity index (χ4n) is 1.20. The van der Waals surface area contributed by atoms with Crippen molar-refractivity contribution in [1.29, 1.82) is 0 Å². The summed E-state index contributed by atoms with van der Waals surface area (Å²) in [5.41, 5.74) is 2.67. The van der Waals surface area contributed by atoms with Crippen LogP contribution in [0.4, 0.5) is 0 Å². The molecule has 0 aliphatic rings. The molecule has 1 heterocycles. The third-order valence-electron chi connectivity index (χ3n) is 1.96. The van der Waals surface area contributed by atoms with Crippen molar-refractivity contribution in [2.45, 2.75) is 13.5 Å². The van der Waals surface area contributed by atoms with Gasteiger partial charge < -0.3 is 5.11 Å². The van der Waals surface area contributed by atoms with Crippen LogP contribution in [0.3, 0.4) is 0 Å². The van der Waals surface area contributed by atoms with E-state index < -0.39 is 0 Å². The maximum atomic E-state index is 8.87. The average molecular weight is 189 g/mol. The Bertz CT molecular complexity index is 419. The first-order valence-electron chi connectivity index (χ1n) is 4.39. The van der Waals surface area contributed by atoms with Crippen LogP contribution in [-0.2, 0) is 6.61 Å². The molecule has 0 saturated heterocycles. The first-order chi connectivity index (χ1) is 6.79. The Balaban J connectivity index is 2.33. The molecule has 4 nitrogen and oxygen atoms in total. The molecule has 4 heteroatoms. The van der Waals surface area contributed by atoms with Crippen molar-refractivity contribution in [1.82, 2.24) is 15.0 Å². The molecule has 72 valence electrons. The summed E-state index contributed by atoms with van der Waals surface area (Å²) < 4.78 is 0. The number of benzene rings is 1. The number of hydrogen-bond acceptors (Lipinski definition) is 3. The molecule has 0 radical (unpaired) electrons. The highest BCUT2D eigenvalue weighted by Gasteiger charge is 1.98.